The number of carbonyl (C=O) groups excluding carboxylic acids is 2. The molecule has 0 unspecified atom stereocenters. The van der Waals surface area contributed by atoms with Crippen LogP contribution in [0.1, 0.15) is 11.1 Å². The summed E-state index contributed by atoms with van der Waals surface area (Å²) in [6, 6.07) is 10.7. The lowest BCUT2D eigenvalue weighted by Gasteiger charge is -2.14. The number of likely N-dealkylation sites (N-methyl/N-ethyl adjacent to an activating group) is 1. The van der Waals surface area contributed by atoms with Crippen molar-refractivity contribution in [1.29, 1.82) is 0 Å². The summed E-state index contributed by atoms with van der Waals surface area (Å²) in [5, 5.41) is 2.88. The van der Waals surface area contributed by atoms with Crippen LogP contribution in [0.3, 0.4) is 0 Å². The van der Waals surface area contributed by atoms with Crippen LogP contribution in [0.15, 0.2) is 36.4 Å². The second-order valence-corrected chi connectivity index (χ2v) is 6.70. The molecule has 1 N–H and O–H groups in total. The predicted molar refractivity (Wildman–Crippen MR) is 112 cm³/mol. The number of ether oxygens (including phenoxy) is 4. The fraction of sp³-hybridized carbons (Fsp3) is 0.364. The van der Waals surface area contributed by atoms with E-state index >= 15 is 0 Å². The summed E-state index contributed by atoms with van der Waals surface area (Å²) in [6.07, 6.45) is 0.214. The number of rotatable bonds is 10. The number of nitrogens with zero attached hydrogens (tertiary/aromatic N) is 1. The lowest BCUT2D eigenvalue weighted by atomic mass is 10.1. The van der Waals surface area contributed by atoms with Gasteiger partial charge in [-0.05, 0) is 35.4 Å². The van der Waals surface area contributed by atoms with Gasteiger partial charge in [-0.2, -0.15) is 0 Å². The Hall–Kier alpha value is -3.42. The number of nitrogens with one attached hydrogen (secondary N) is 1. The number of methoxy groups -OCH3 is 3. The molecule has 0 bridgehead atoms. The Morgan fingerprint density at radius 2 is 1.40 bits per heavy atom. The molecule has 0 aromatic heterocycles. The Kier molecular flexibility index (Phi) is 8.34. The van der Waals surface area contributed by atoms with Crippen molar-refractivity contribution in [3.63, 3.8) is 0 Å². The van der Waals surface area contributed by atoms with Crippen molar-refractivity contribution in [2.24, 2.45) is 0 Å². The molecule has 0 saturated heterocycles. The first-order valence-corrected chi connectivity index (χ1v) is 9.35. The van der Waals surface area contributed by atoms with Crippen molar-refractivity contribution in [3.8, 4) is 23.0 Å². The third kappa shape index (κ3) is 6.30. The summed E-state index contributed by atoms with van der Waals surface area (Å²) < 4.78 is 21.3. The van der Waals surface area contributed by atoms with E-state index in [0.717, 1.165) is 11.1 Å². The summed E-state index contributed by atoms with van der Waals surface area (Å²) in [5.74, 6) is 1.88. The minimum absolute atomic E-state index is 0.0786. The number of amides is 2. The summed E-state index contributed by atoms with van der Waals surface area (Å²) in [4.78, 5) is 25.5. The zero-order valence-corrected chi connectivity index (χ0v) is 18.0. The van der Waals surface area contributed by atoms with Gasteiger partial charge in [-0.15, -0.1) is 0 Å². The maximum absolute atomic E-state index is 12.3. The number of carbonyl (C=O) groups is 2. The van der Waals surface area contributed by atoms with Crippen LogP contribution in [0.5, 0.6) is 23.0 Å². The SMILES string of the molecule is COc1ccc(CC(=O)NCc2ccc(OCC(=O)N(C)C)c(OC)c2)cc1OC. The van der Waals surface area contributed by atoms with Gasteiger partial charge in [-0.25, -0.2) is 0 Å². The van der Waals surface area contributed by atoms with E-state index in [-0.39, 0.29) is 24.8 Å². The van der Waals surface area contributed by atoms with Crippen molar-refractivity contribution in [2.75, 3.05) is 42.0 Å². The van der Waals surface area contributed by atoms with E-state index in [1.165, 1.54) is 12.0 Å². The molecule has 0 fully saturated rings. The molecule has 2 aromatic carbocycles. The molecule has 0 atom stereocenters. The van der Waals surface area contributed by atoms with Crippen molar-refractivity contribution < 1.29 is 28.5 Å². The molecule has 0 aliphatic heterocycles. The summed E-state index contributed by atoms with van der Waals surface area (Å²) in [7, 11) is 7.97. The molecule has 30 heavy (non-hydrogen) atoms. The van der Waals surface area contributed by atoms with Gasteiger partial charge in [0.05, 0.1) is 27.8 Å². The van der Waals surface area contributed by atoms with Gasteiger partial charge in [0, 0.05) is 20.6 Å². The van der Waals surface area contributed by atoms with Gasteiger partial charge in [0.15, 0.2) is 29.6 Å². The van der Waals surface area contributed by atoms with Crippen LogP contribution >= 0.6 is 0 Å². The molecule has 0 saturated carbocycles. The molecule has 162 valence electrons. The molecular formula is C22H28N2O6. The highest BCUT2D eigenvalue weighted by molar-refractivity contribution is 5.79. The van der Waals surface area contributed by atoms with E-state index < -0.39 is 0 Å². The van der Waals surface area contributed by atoms with Gasteiger partial charge in [0.25, 0.3) is 5.91 Å². The smallest absolute Gasteiger partial charge is 0.259 e. The third-order valence-electron chi connectivity index (χ3n) is 4.38. The zero-order chi connectivity index (χ0) is 22.1. The number of hydrogen-bond acceptors (Lipinski definition) is 6. The van der Waals surface area contributed by atoms with E-state index in [1.807, 2.05) is 12.1 Å². The van der Waals surface area contributed by atoms with Crippen LogP contribution in [0.2, 0.25) is 0 Å². The quantitative estimate of drug-likeness (QED) is 0.638. The minimum atomic E-state index is -0.149. The molecule has 0 spiro atoms. The lowest BCUT2D eigenvalue weighted by molar-refractivity contribution is -0.130. The average molecular weight is 416 g/mol. The number of benzene rings is 2. The molecule has 2 aromatic rings. The largest absolute Gasteiger partial charge is 0.493 e. The molecule has 2 amide bonds. The molecule has 2 rings (SSSR count). The van der Waals surface area contributed by atoms with Gasteiger partial charge < -0.3 is 29.2 Å². The van der Waals surface area contributed by atoms with E-state index in [0.29, 0.717) is 29.5 Å². The molecule has 0 aliphatic carbocycles. The summed E-state index contributed by atoms with van der Waals surface area (Å²) in [5.41, 5.74) is 1.66. The molecule has 0 radical (unpaired) electrons. The maximum atomic E-state index is 12.3. The summed E-state index contributed by atoms with van der Waals surface area (Å²) in [6.45, 7) is 0.254. The van der Waals surface area contributed by atoms with Crippen LogP contribution in [0, 0.1) is 0 Å². The number of hydrogen-bond donors (Lipinski definition) is 1. The molecule has 8 heteroatoms. The third-order valence-corrected chi connectivity index (χ3v) is 4.38. The van der Waals surface area contributed by atoms with Crippen LogP contribution in [0.25, 0.3) is 0 Å². The summed E-state index contributed by atoms with van der Waals surface area (Å²) >= 11 is 0. The Balaban J connectivity index is 1.95. The molecular weight excluding hydrogens is 388 g/mol. The van der Waals surface area contributed by atoms with E-state index in [9.17, 15) is 9.59 Å². The van der Waals surface area contributed by atoms with Crippen LogP contribution in [0.4, 0.5) is 0 Å². The lowest BCUT2D eigenvalue weighted by Crippen LogP contribution is -2.27. The standard InChI is InChI=1S/C22H28N2O6/c1-24(2)22(26)14-30-18-9-7-16(11-20(18)29-5)13-23-21(25)12-15-6-8-17(27-3)19(10-15)28-4/h6-11H,12-14H2,1-5H3,(H,23,25). The molecule has 8 nitrogen and oxygen atoms in total. The van der Waals surface area contributed by atoms with Gasteiger partial charge in [0.2, 0.25) is 5.91 Å². The van der Waals surface area contributed by atoms with E-state index in [4.69, 9.17) is 18.9 Å². The highest BCUT2D eigenvalue weighted by atomic mass is 16.5. The predicted octanol–water partition coefficient (Wildman–Crippen LogP) is 2.04. The first kappa shape index (κ1) is 22.9. The Morgan fingerprint density at radius 1 is 0.833 bits per heavy atom. The minimum Gasteiger partial charge on any atom is -0.493 e. The van der Waals surface area contributed by atoms with Crippen molar-refractivity contribution >= 4 is 11.8 Å². The Bertz CT molecular complexity index is 882. The van der Waals surface area contributed by atoms with Crippen LogP contribution in [-0.2, 0) is 22.6 Å². The van der Waals surface area contributed by atoms with Crippen LogP contribution in [-0.4, -0.2) is 58.7 Å². The maximum Gasteiger partial charge on any atom is 0.259 e. The molecule has 0 aliphatic rings. The van der Waals surface area contributed by atoms with Crippen LogP contribution < -0.4 is 24.3 Å². The second kappa shape index (κ2) is 10.9. The fourth-order valence-corrected chi connectivity index (χ4v) is 2.65. The first-order chi connectivity index (χ1) is 14.4. The highest BCUT2D eigenvalue weighted by Gasteiger charge is 2.11. The zero-order valence-electron chi connectivity index (χ0n) is 18.0. The van der Waals surface area contributed by atoms with E-state index in [1.54, 1.807) is 52.6 Å². The average Bonchev–Trinajstić information content (AvgIpc) is 2.75. The molecule has 0 heterocycles. The van der Waals surface area contributed by atoms with Crippen molar-refractivity contribution in [1.82, 2.24) is 10.2 Å². The van der Waals surface area contributed by atoms with Crippen molar-refractivity contribution in [2.45, 2.75) is 13.0 Å². The normalized spacial score (nSPS) is 10.2. The van der Waals surface area contributed by atoms with Gasteiger partial charge in [-0.1, -0.05) is 12.1 Å². The second-order valence-electron chi connectivity index (χ2n) is 6.70. The van der Waals surface area contributed by atoms with Gasteiger partial charge in [-0.3, -0.25) is 9.59 Å². The van der Waals surface area contributed by atoms with Crippen molar-refractivity contribution in [3.05, 3.63) is 47.5 Å². The topological polar surface area (TPSA) is 86.3 Å². The fourth-order valence-electron chi connectivity index (χ4n) is 2.65. The monoisotopic (exact) mass is 416 g/mol. The van der Waals surface area contributed by atoms with Gasteiger partial charge >= 0.3 is 0 Å². The Labute approximate surface area is 176 Å². The van der Waals surface area contributed by atoms with E-state index in [2.05, 4.69) is 5.32 Å². The Morgan fingerprint density at radius 3 is 2.03 bits per heavy atom. The van der Waals surface area contributed by atoms with Gasteiger partial charge in [0.1, 0.15) is 0 Å². The first-order valence-electron chi connectivity index (χ1n) is 9.35. The highest BCUT2D eigenvalue weighted by Crippen LogP contribution is 2.29.